The van der Waals surface area contributed by atoms with Gasteiger partial charge in [-0.3, -0.25) is 0 Å². The molecule has 0 N–H and O–H groups in total. The Labute approximate surface area is 401 Å². The molecule has 0 aliphatic heterocycles. The van der Waals surface area contributed by atoms with Crippen LogP contribution in [0.3, 0.4) is 0 Å². The summed E-state index contributed by atoms with van der Waals surface area (Å²) in [5, 5.41) is 12.2. The molecule has 0 atom stereocenters. The third kappa shape index (κ3) is 5.67. The summed E-state index contributed by atoms with van der Waals surface area (Å²) in [5.74, 6) is 1.94. The van der Waals surface area contributed by atoms with Gasteiger partial charge in [-0.15, -0.1) is 34.0 Å². The lowest BCUT2D eigenvalue weighted by Crippen LogP contribution is -2.02. The van der Waals surface area contributed by atoms with E-state index in [9.17, 15) is 0 Å². The molecule has 0 bridgehead atoms. The number of thiophene rings is 3. The van der Waals surface area contributed by atoms with E-state index < -0.39 is 0 Å². The number of benzene rings is 10. The van der Waals surface area contributed by atoms with Crippen LogP contribution in [0.1, 0.15) is 0 Å². The van der Waals surface area contributed by atoms with Gasteiger partial charge in [0.15, 0.2) is 17.5 Å². The zero-order valence-electron chi connectivity index (χ0n) is 36.1. The van der Waals surface area contributed by atoms with Crippen LogP contribution >= 0.6 is 34.0 Å². The van der Waals surface area contributed by atoms with E-state index in [1.54, 1.807) is 11.3 Å². The minimum absolute atomic E-state index is 0.628. The summed E-state index contributed by atoms with van der Waals surface area (Å²) in [6.07, 6.45) is 0. The zero-order valence-corrected chi connectivity index (χ0v) is 38.6. The van der Waals surface area contributed by atoms with Gasteiger partial charge in [0, 0.05) is 93.5 Å². The van der Waals surface area contributed by atoms with Crippen LogP contribution in [0, 0.1) is 0 Å². The lowest BCUT2D eigenvalue weighted by atomic mass is 9.95. The quantitative estimate of drug-likeness (QED) is 0.173. The van der Waals surface area contributed by atoms with Crippen molar-refractivity contribution in [1.29, 1.82) is 0 Å². The molecule has 15 rings (SSSR count). The van der Waals surface area contributed by atoms with E-state index in [1.807, 2.05) is 22.7 Å². The minimum Gasteiger partial charge on any atom is -0.309 e. The van der Waals surface area contributed by atoms with Gasteiger partial charge in [-0.25, -0.2) is 15.0 Å². The Balaban J connectivity index is 1.04. The smallest absolute Gasteiger partial charge is 0.165 e. The third-order valence-electron chi connectivity index (χ3n) is 13.7. The number of rotatable bonds is 5. The van der Waals surface area contributed by atoms with Crippen LogP contribution in [0.15, 0.2) is 206 Å². The first kappa shape index (κ1) is 38.1. The van der Waals surface area contributed by atoms with Gasteiger partial charge in [-0.05, 0) is 89.1 Å². The van der Waals surface area contributed by atoms with Gasteiger partial charge in [0.1, 0.15) is 0 Å². The van der Waals surface area contributed by atoms with Gasteiger partial charge in [0.25, 0.3) is 0 Å². The summed E-state index contributed by atoms with van der Waals surface area (Å²) in [7, 11) is 0. The fraction of sp³-hybridized carbons (Fsp3) is 0. The predicted molar refractivity (Wildman–Crippen MR) is 292 cm³/mol. The Morgan fingerprint density at radius 1 is 0.309 bits per heavy atom. The van der Waals surface area contributed by atoms with Gasteiger partial charge in [0.05, 0.1) is 16.7 Å². The van der Waals surface area contributed by atoms with E-state index in [0.717, 1.165) is 33.5 Å². The summed E-state index contributed by atoms with van der Waals surface area (Å²) in [5.41, 5.74) is 8.61. The van der Waals surface area contributed by atoms with E-state index in [2.05, 4.69) is 211 Å². The molecule has 15 aromatic rings. The molecule has 7 heteroatoms. The molecule has 0 amide bonds. The summed E-state index contributed by atoms with van der Waals surface area (Å²) in [4.78, 5) is 16.4. The average Bonchev–Trinajstić information content (AvgIpc) is 4.17. The monoisotopic (exact) mass is 918 g/mol. The summed E-state index contributed by atoms with van der Waals surface area (Å²) in [6.45, 7) is 0. The van der Waals surface area contributed by atoms with Gasteiger partial charge in [-0.2, -0.15) is 0 Å². The maximum absolute atomic E-state index is 5.50. The second kappa shape index (κ2) is 14.7. The molecule has 0 aliphatic rings. The number of hydrogen-bond acceptors (Lipinski definition) is 6. The number of hydrogen-bond donors (Lipinski definition) is 0. The molecule has 0 saturated carbocycles. The Kier molecular flexibility index (Phi) is 8.24. The Morgan fingerprint density at radius 3 is 1.59 bits per heavy atom. The van der Waals surface area contributed by atoms with Crippen molar-refractivity contribution in [1.82, 2.24) is 19.5 Å². The van der Waals surface area contributed by atoms with Crippen LogP contribution in [0.2, 0.25) is 0 Å². The third-order valence-corrected chi connectivity index (χ3v) is 17.1. The Hall–Kier alpha value is -8.07. The van der Waals surface area contributed by atoms with Crippen LogP contribution in [0.25, 0.3) is 144 Å². The molecule has 0 spiro atoms. The highest BCUT2D eigenvalue weighted by Gasteiger charge is 2.23. The van der Waals surface area contributed by atoms with Crippen molar-refractivity contribution in [2.24, 2.45) is 0 Å². The van der Waals surface area contributed by atoms with E-state index >= 15 is 0 Å². The van der Waals surface area contributed by atoms with E-state index in [1.165, 1.54) is 93.1 Å². The van der Waals surface area contributed by atoms with Crippen molar-refractivity contribution in [2.45, 2.75) is 0 Å². The highest BCUT2D eigenvalue weighted by Crippen LogP contribution is 2.46. The second-order valence-electron chi connectivity index (χ2n) is 17.4. The van der Waals surface area contributed by atoms with Crippen molar-refractivity contribution >= 4 is 127 Å². The van der Waals surface area contributed by atoms with Crippen LogP contribution < -0.4 is 0 Å². The molecule has 68 heavy (non-hydrogen) atoms. The van der Waals surface area contributed by atoms with Gasteiger partial charge < -0.3 is 4.57 Å². The van der Waals surface area contributed by atoms with Gasteiger partial charge >= 0.3 is 0 Å². The van der Waals surface area contributed by atoms with Crippen LogP contribution in [0.5, 0.6) is 0 Å². The minimum atomic E-state index is 0.628. The Bertz CT molecular complexity index is 4590. The van der Waals surface area contributed by atoms with Gasteiger partial charge in [0.2, 0.25) is 0 Å². The summed E-state index contributed by atoms with van der Waals surface area (Å²) >= 11 is 5.45. The molecular formula is C61H34N4S3. The van der Waals surface area contributed by atoms with E-state index in [4.69, 9.17) is 15.0 Å². The van der Waals surface area contributed by atoms with Crippen LogP contribution in [0.4, 0.5) is 0 Å². The Morgan fingerprint density at radius 2 is 0.838 bits per heavy atom. The lowest BCUT2D eigenvalue weighted by Gasteiger charge is -2.17. The number of aromatic nitrogens is 4. The average molecular weight is 919 g/mol. The molecule has 0 unspecified atom stereocenters. The topological polar surface area (TPSA) is 43.6 Å². The highest BCUT2D eigenvalue weighted by molar-refractivity contribution is 7.27. The molecule has 10 aromatic carbocycles. The zero-order chi connectivity index (χ0) is 44.5. The fourth-order valence-electron chi connectivity index (χ4n) is 10.6. The highest BCUT2D eigenvalue weighted by atomic mass is 32.1. The van der Waals surface area contributed by atoms with Crippen LogP contribution in [-0.2, 0) is 0 Å². The normalized spacial score (nSPS) is 12.1. The number of nitrogens with zero attached hydrogens (tertiary/aromatic N) is 4. The van der Waals surface area contributed by atoms with Crippen molar-refractivity contribution in [3.63, 3.8) is 0 Å². The van der Waals surface area contributed by atoms with Crippen molar-refractivity contribution < 1.29 is 0 Å². The standard InChI is InChI=1S/C61H34N4S3/c1-2-15-36-34-50-46(32-35(36)14-1)38-16-3-7-24-48(38)65(50)49-31-30-37(33-47(49)40-20-12-28-54-56(40)42-18-5-9-26-52(42)66-54)59-62-60(44-22-13-29-55-57(44)43-19-6-10-27-53(43)67-55)64-61(63-59)45-23-11-21-41-39-17-4-8-25-51(39)68-58(41)45/h1-34H. The number of fused-ring (bicyclic) bond motifs is 13. The van der Waals surface area contributed by atoms with Crippen molar-refractivity contribution in [2.75, 3.05) is 0 Å². The second-order valence-corrected chi connectivity index (χ2v) is 20.7. The largest absolute Gasteiger partial charge is 0.309 e. The molecule has 4 nitrogen and oxygen atoms in total. The predicted octanol–water partition coefficient (Wildman–Crippen LogP) is 17.9. The molecule has 0 aliphatic carbocycles. The maximum Gasteiger partial charge on any atom is 0.165 e. The van der Waals surface area contributed by atoms with Crippen LogP contribution in [-0.4, -0.2) is 19.5 Å². The number of para-hydroxylation sites is 1. The first-order valence-electron chi connectivity index (χ1n) is 22.7. The summed E-state index contributed by atoms with van der Waals surface area (Å²) < 4.78 is 9.86. The van der Waals surface area contributed by atoms with Crippen molar-refractivity contribution in [3.05, 3.63) is 206 Å². The van der Waals surface area contributed by atoms with Gasteiger partial charge in [-0.1, -0.05) is 133 Å². The first-order chi connectivity index (χ1) is 33.7. The SMILES string of the molecule is c1ccc2cc3c(cc2c1)c1ccccc1n3-c1ccc(-c2nc(-c3cccc4c3sc3ccccc34)nc(-c3cccc4sc5ccccc5c34)n2)cc1-c1cccc2sc3ccccc3c12. The molecule has 316 valence electrons. The van der Waals surface area contributed by atoms with Crippen molar-refractivity contribution in [3.8, 4) is 51.0 Å². The molecule has 0 saturated heterocycles. The maximum atomic E-state index is 5.50. The van der Waals surface area contributed by atoms with E-state index in [-0.39, 0.29) is 0 Å². The fourth-order valence-corrected chi connectivity index (χ4v) is 14.1. The molecule has 0 radical (unpaired) electrons. The van der Waals surface area contributed by atoms with E-state index in [0.29, 0.717) is 17.5 Å². The lowest BCUT2D eigenvalue weighted by molar-refractivity contribution is 1.08. The summed E-state index contributed by atoms with van der Waals surface area (Å²) in [6, 6.07) is 75.0. The molecule has 5 aromatic heterocycles. The molecule has 0 fully saturated rings. The molecular weight excluding hydrogens is 885 g/mol. The molecule has 5 heterocycles. The first-order valence-corrected chi connectivity index (χ1v) is 25.2.